The minimum atomic E-state index is -0.474. The lowest BCUT2D eigenvalue weighted by Crippen LogP contribution is -2.24. The van der Waals surface area contributed by atoms with E-state index in [1.165, 1.54) is 27.8 Å². The first-order chi connectivity index (χ1) is 6.95. The molecule has 1 aliphatic rings. The van der Waals surface area contributed by atoms with Crippen molar-refractivity contribution in [3.05, 3.63) is 33.4 Å². The molecule has 1 aromatic rings. The Morgan fingerprint density at radius 2 is 1.53 bits per heavy atom. The van der Waals surface area contributed by atoms with Gasteiger partial charge in [-0.05, 0) is 67.5 Å². The maximum absolute atomic E-state index is 10.0. The Morgan fingerprint density at radius 1 is 1.00 bits per heavy atom. The highest BCUT2D eigenvalue weighted by atomic mass is 16.3. The molecule has 2 heteroatoms. The Kier molecular flexibility index (Phi) is 2.36. The van der Waals surface area contributed by atoms with Crippen LogP contribution < -0.4 is 5.73 Å². The summed E-state index contributed by atoms with van der Waals surface area (Å²) in [6.07, 6.45) is 0.336. The highest BCUT2D eigenvalue weighted by Gasteiger charge is 2.32. The predicted molar refractivity (Wildman–Crippen MR) is 62.0 cm³/mol. The average Bonchev–Trinajstić information content (AvgIpc) is 2.50. The molecule has 3 N–H and O–H groups in total. The van der Waals surface area contributed by atoms with Crippen LogP contribution >= 0.6 is 0 Å². The summed E-state index contributed by atoms with van der Waals surface area (Å²) >= 11 is 0. The molecule has 2 unspecified atom stereocenters. The highest BCUT2D eigenvalue weighted by molar-refractivity contribution is 5.53. The number of fused-ring (bicyclic) bond motifs is 1. The van der Waals surface area contributed by atoms with Gasteiger partial charge < -0.3 is 10.8 Å². The third-order valence-electron chi connectivity index (χ3n) is 4.01. The van der Waals surface area contributed by atoms with Crippen LogP contribution in [0.1, 0.15) is 39.5 Å². The van der Waals surface area contributed by atoms with Crippen molar-refractivity contribution >= 4 is 0 Å². The van der Waals surface area contributed by atoms with Crippen LogP contribution in [0.3, 0.4) is 0 Å². The van der Waals surface area contributed by atoms with E-state index in [4.69, 9.17) is 5.73 Å². The average molecular weight is 205 g/mol. The molecule has 0 saturated carbocycles. The van der Waals surface area contributed by atoms with Crippen LogP contribution in [-0.2, 0) is 6.42 Å². The van der Waals surface area contributed by atoms with Crippen LogP contribution in [0.25, 0.3) is 0 Å². The van der Waals surface area contributed by atoms with Gasteiger partial charge in [-0.1, -0.05) is 0 Å². The molecule has 1 aliphatic carbocycles. The van der Waals surface area contributed by atoms with E-state index >= 15 is 0 Å². The summed E-state index contributed by atoms with van der Waals surface area (Å²) in [6.45, 7) is 8.48. The van der Waals surface area contributed by atoms with Gasteiger partial charge in [0.15, 0.2) is 0 Å². The lowest BCUT2D eigenvalue weighted by atomic mass is 9.90. The van der Waals surface area contributed by atoms with Gasteiger partial charge in [-0.2, -0.15) is 0 Å². The SMILES string of the molecule is Cc1c(C)c(C)c2c(c1C)CC(N)C2O. The Hall–Kier alpha value is -0.860. The molecule has 0 bridgehead atoms. The maximum atomic E-state index is 10.0. The predicted octanol–water partition coefficient (Wildman–Crippen LogP) is 1.84. The van der Waals surface area contributed by atoms with E-state index in [-0.39, 0.29) is 6.04 Å². The van der Waals surface area contributed by atoms with Crippen molar-refractivity contribution in [2.24, 2.45) is 5.73 Å². The number of hydrogen-bond donors (Lipinski definition) is 2. The van der Waals surface area contributed by atoms with Crippen LogP contribution in [0.15, 0.2) is 0 Å². The minimum absolute atomic E-state index is 0.126. The summed E-state index contributed by atoms with van der Waals surface area (Å²) < 4.78 is 0. The summed E-state index contributed by atoms with van der Waals surface area (Å²) in [5.41, 5.74) is 13.4. The van der Waals surface area contributed by atoms with Crippen molar-refractivity contribution < 1.29 is 5.11 Å². The zero-order valence-electron chi connectivity index (χ0n) is 9.89. The summed E-state index contributed by atoms with van der Waals surface area (Å²) in [5, 5.41) is 10.0. The number of rotatable bonds is 0. The molecule has 0 heterocycles. The summed E-state index contributed by atoms with van der Waals surface area (Å²) in [5.74, 6) is 0. The van der Waals surface area contributed by atoms with Crippen molar-refractivity contribution in [1.29, 1.82) is 0 Å². The molecule has 0 radical (unpaired) electrons. The van der Waals surface area contributed by atoms with E-state index < -0.39 is 6.10 Å². The van der Waals surface area contributed by atoms with Gasteiger partial charge in [0.2, 0.25) is 0 Å². The van der Waals surface area contributed by atoms with Crippen molar-refractivity contribution in [2.45, 2.75) is 46.3 Å². The lowest BCUT2D eigenvalue weighted by Gasteiger charge is -2.17. The Labute approximate surface area is 91.1 Å². The Bertz CT molecular complexity index is 423. The van der Waals surface area contributed by atoms with E-state index in [1.54, 1.807) is 0 Å². The standard InChI is InChI=1S/C13H19NO/c1-6-7(2)9(4)12-10(8(6)3)5-11(14)13(12)15/h11,13,15H,5,14H2,1-4H3. The lowest BCUT2D eigenvalue weighted by molar-refractivity contribution is 0.159. The molecule has 2 nitrogen and oxygen atoms in total. The van der Waals surface area contributed by atoms with Gasteiger partial charge in [-0.15, -0.1) is 0 Å². The molecule has 82 valence electrons. The first-order valence-corrected chi connectivity index (χ1v) is 5.48. The third kappa shape index (κ3) is 1.32. The normalized spacial score (nSPS) is 24.4. The van der Waals surface area contributed by atoms with Gasteiger partial charge in [-0.3, -0.25) is 0 Å². The second-order valence-corrected chi connectivity index (χ2v) is 4.71. The van der Waals surface area contributed by atoms with Gasteiger partial charge in [-0.25, -0.2) is 0 Å². The second kappa shape index (κ2) is 3.32. The first kappa shape index (κ1) is 10.7. The molecule has 0 aromatic heterocycles. The molecule has 0 saturated heterocycles. The largest absolute Gasteiger partial charge is 0.387 e. The maximum Gasteiger partial charge on any atom is 0.0949 e. The smallest absolute Gasteiger partial charge is 0.0949 e. The Morgan fingerprint density at radius 3 is 2.13 bits per heavy atom. The number of hydrogen-bond acceptors (Lipinski definition) is 2. The van der Waals surface area contributed by atoms with Crippen molar-refractivity contribution in [2.75, 3.05) is 0 Å². The molecular formula is C13H19NO. The number of aliphatic hydroxyl groups is 1. The zero-order valence-corrected chi connectivity index (χ0v) is 9.89. The van der Waals surface area contributed by atoms with Crippen LogP contribution in [0.4, 0.5) is 0 Å². The molecule has 2 atom stereocenters. The van der Waals surface area contributed by atoms with Gasteiger partial charge >= 0.3 is 0 Å². The van der Waals surface area contributed by atoms with Crippen molar-refractivity contribution in [1.82, 2.24) is 0 Å². The first-order valence-electron chi connectivity index (χ1n) is 5.48. The van der Waals surface area contributed by atoms with Crippen LogP contribution in [-0.4, -0.2) is 11.1 Å². The fourth-order valence-electron chi connectivity index (χ4n) is 2.64. The number of benzene rings is 1. The molecule has 0 amide bonds. The van der Waals surface area contributed by atoms with Gasteiger partial charge in [0.1, 0.15) is 0 Å². The number of nitrogens with two attached hydrogens (primary N) is 1. The Balaban J connectivity index is 2.75. The summed E-state index contributed by atoms with van der Waals surface area (Å²) in [6, 6.07) is -0.126. The second-order valence-electron chi connectivity index (χ2n) is 4.71. The zero-order chi connectivity index (χ0) is 11.3. The summed E-state index contributed by atoms with van der Waals surface area (Å²) in [7, 11) is 0. The number of aliphatic hydroxyl groups excluding tert-OH is 1. The van der Waals surface area contributed by atoms with E-state index in [9.17, 15) is 5.11 Å². The van der Waals surface area contributed by atoms with E-state index in [0.29, 0.717) is 0 Å². The van der Waals surface area contributed by atoms with Crippen LogP contribution in [0, 0.1) is 27.7 Å². The van der Waals surface area contributed by atoms with Crippen LogP contribution in [0.5, 0.6) is 0 Å². The summed E-state index contributed by atoms with van der Waals surface area (Å²) in [4.78, 5) is 0. The van der Waals surface area contributed by atoms with Crippen molar-refractivity contribution in [3.8, 4) is 0 Å². The fraction of sp³-hybridized carbons (Fsp3) is 0.538. The van der Waals surface area contributed by atoms with E-state index in [2.05, 4.69) is 27.7 Å². The molecule has 0 spiro atoms. The minimum Gasteiger partial charge on any atom is -0.387 e. The topological polar surface area (TPSA) is 46.2 Å². The van der Waals surface area contributed by atoms with Gasteiger partial charge in [0.25, 0.3) is 0 Å². The molecular weight excluding hydrogens is 186 g/mol. The van der Waals surface area contributed by atoms with E-state index in [1.807, 2.05) is 0 Å². The quantitative estimate of drug-likeness (QED) is 0.679. The molecule has 2 rings (SSSR count). The van der Waals surface area contributed by atoms with Gasteiger partial charge in [0.05, 0.1) is 6.10 Å². The van der Waals surface area contributed by atoms with Crippen molar-refractivity contribution in [3.63, 3.8) is 0 Å². The highest BCUT2D eigenvalue weighted by Crippen LogP contribution is 2.38. The van der Waals surface area contributed by atoms with E-state index in [0.717, 1.165) is 12.0 Å². The molecule has 15 heavy (non-hydrogen) atoms. The molecule has 0 aliphatic heterocycles. The van der Waals surface area contributed by atoms with Gasteiger partial charge in [0, 0.05) is 6.04 Å². The van der Waals surface area contributed by atoms with Crippen LogP contribution in [0.2, 0.25) is 0 Å². The third-order valence-corrected chi connectivity index (χ3v) is 4.01. The molecule has 1 aromatic carbocycles. The fourth-order valence-corrected chi connectivity index (χ4v) is 2.64. The monoisotopic (exact) mass is 205 g/mol. The molecule has 0 fully saturated rings.